The van der Waals surface area contributed by atoms with E-state index in [1.807, 2.05) is 19.1 Å². The number of halogens is 1. The Labute approximate surface area is 57.8 Å². The Kier molecular flexibility index (Phi) is 0.878. The van der Waals surface area contributed by atoms with Crippen LogP contribution in [0.2, 0.25) is 0 Å². The molecule has 2 aliphatic rings. The maximum atomic E-state index is 13.0. The van der Waals surface area contributed by atoms with E-state index in [-0.39, 0.29) is 5.25 Å². The standard InChI is InChI=1S/C7H7FS/c1-5-2-3-6-7(8,4-5)9-6/h2-4,6H,1H3. The molecule has 2 atom stereocenters. The van der Waals surface area contributed by atoms with Gasteiger partial charge in [-0.2, -0.15) is 0 Å². The molecule has 2 unspecified atom stereocenters. The van der Waals surface area contributed by atoms with Gasteiger partial charge in [0.25, 0.3) is 0 Å². The summed E-state index contributed by atoms with van der Waals surface area (Å²) in [7, 11) is 0. The van der Waals surface area contributed by atoms with Gasteiger partial charge in [0, 0.05) is 0 Å². The minimum absolute atomic E-state index is 0.126. The number of rotatable bonds is 0. The molecule has 48 valence electrons. The molecule has 0 N–H and O–H groups in total. The Morgan fingerprint density at radius 1 is 1.78 bits per heavy atom. The van der Waals surface area contributed by atoms with Crippen LogP contribution >= 0.6 is 11.8 Å². The lowest BCUT2D eigenvalue weighted by molar-refractivity contribution is 0.408. The molecule has 1 aliphatic heterocycles. The molecular formula is C7H7FS. The Balaban J connectivity index is 2.34. The zero-order chi connectivity index (χ0) is 6.48. The van der Waals surface area contributed by atoms with Crippen molar-refractivity contribution in [2.45, 2.75) is 17.2 Å². The largest absolute Gasteiger partial charge is 0.226 e. The maximum Gasteiger partial charge on any atom is 0.191 e. The number of hydrogen-bond acceptors (Lipinski definition) is 1. The fourth-order valence-corrected chi connectivity index (χ4v) is 1.92. The van der Waals surface area contributed by atoms with Crippen molar-refractivity contribution < 1.29 is 4.39 Å². The molecule has 0 spiro atoms. The molecule has 0 aromatic heterocycles. The average Bonchev–Trinajstić information content (AvgIpc) is 2.38. The van der Waals surface area contributed by atoms with Crippen LogP contribution in [-0.2, 0) is 0 Å². The number of alkyl halides is 1. The zero-order valence-electron chi connectivity index (χ0n) is 5.10. The van der Waals surface area contributed by atoms with Crippen LogP contribution in [0.3, 0.4) is 0 Å². The summed E-state index contributed by atoms with van der Waals surface area (Å²) in [5.41, 5.74) is 1.04. The third-order valence-electron chi connectivity index (χ3n) is 1.60. The third kappa shape index (κ3) is 0.732. The monoisotopic (exact) mass is 142 g/mol. The summed E-state index contributed by atoms with van der Waals surface area (Å²) in [5.74, 6) is 0. The normalized spacial score (nSPS) is 46.0. The summed E-state index contributed by atoms with van der Waals surface area (Å²) in [6.45, 7) is 1.92. The first-order valence-electron chi connectivity index (χ1n) is 2.95. The molecule has 2 rings (SSSR count). The number of hydrogen-bond donors (Lipinski definition) is 0. The van der Waals surface area contributed by atoms with Crippen molar-refractivity contribution in [1.82, 2.24) is 0 Å². The van der Waals surface area contributed by atoms with Gasteiger partial charge in [-0.05, 0) is 13.0 Å². The summed E-state index contributed by atoms with van der Waals surface area (Å²) in [6, 6.07) is 0. The van der Waals surface area contributed by atoms with E-state index in [0.29, 0.717) is 0 Å². The van der Waals surface area contributed by atoms with E-state index >= 15 is 0 Å². The van der Waals surface area contributed by atoms with Crippen LogP contribution in [0.1, 0.15) is 6.92 Å². The zero-order valence-corrected chi connectivity index (χ0v) is 5.91. The highest BCUT2D eigenvalue weighted by molar-refractivity contribution is 8.08. The first-order valence-corrected chi connectivity index (χ1v) is 3.83. The van der Waals surface area contributed by atoms with Crippen LogP contribution < -0.4 is 0 Å². The van der Waals surface area contributed by atoms with Crippen LogP contribution in [0.15, 0.2) is 23.8 Å². The predicted octanol–water partition coefficient (Wildman–Crippen LogP) is 2.28. The third-order valence-corrected chi connectivity index (χ3v) is 2.83. The molecule has 0 saturated carbocycles. The predicted molar refractivity (Wildman–Crippen MR) is 38.1 cm³/mol. The molecule has 1 saturated heterocycles. The van der Waals surface area contributed by atoms with Gasteiger partial charge >= 0.3 is 0 Å². The quantitative estimate of drug-likeness (QED) is 0.467. The minimum atomic E-state index is -1.02. The second-order valence-corrected chi connectivity index (χ2v) is 3.85. The molecule has 1 fully saturated rings. The van der Waals surface area contributed by atoms with Crippen LogP contribution in [0.5, 0.6) is 0 Å². The fourth-order valence-electron chi connectivity index (χ4n) is 1.04. The molecule has 0 aromatic carbocycles. The molecule has 9 heavy (non-hydrogen) atoms. The summed E-state index contributed by atoms with van der Waals surface area (Å²) in [5, 5.41) is -0.889. The van der Waals surface area contributed by atoms with Crippen molar-refractivity contribution in [2.75, 3.05) is 0 Å². The fraction of sp³-hybridized carbons (Fsp3) is 0.429. The summed E-state index contributed by atoms with van der Waals surface area (Å²) < 4.78 is 13.0. The van der Waals surface area contributed by atoms with Gasteiger partial charge in [0.05, 0.1) is 5.25 Å². The summed E-state index contributed by atoms with van der Waals surface area (Å²) in [4.78, 5) is 0. The molecule has 2 heteroatoms. The Bertz CT molecular complexity index is 207. The molecular weight excluding hydrogens is 135 g/mol. The van der Waals surface area contributed by atoms with Crippen molar-refractivity contribution in [3.8, 4) is 0 Å². The van der Waals surface area contributed by atoms with Gasteiger partial charge in [-0.25, -0.2) is 4.39 Å². The molecule has 0 radical (unpaired) electrons. The van der Waals surface area contributed by atoms with Crippen molar-refractivity contribution in [1.29, 1.82) is 0 Å². The van der Waals surface area contributed by atoms with E-state index in [4.69, 9.17) is 0 Å². The smallest absolute Gasteiger partial charge is 0.191 e. The number of allylic oxidation sites excluding steroid dienone is 2. The Morgan fingerprint density at radius 3 is 3.11 bits per heavy atom. The van der Waals surface area contributed by atoms with E-state index < -0.39 is 5.00 Å². The topological polar surface area (TPSA) is 0 Å². The molecule has 1 heterocycles. The lowest BCUT2D eigenvalue weighted by atomic mass is 10.1. The lowest BCUT2D eigenvalue weighted by Crippen LogP contribution is -2.04. The minimum Gasteiger partial charge on any atom is -0.226 e. The Hall–Kier alpha value is -0.240. The van der Waals surface area contributed by atoms with E-state index in [2.05, 4.69) is 0 Å². The molecule has 1 aliphatic carbocycles. The van der Waals surface area contributed by atoms with Crippen molar-refractivity contribution >= 4 is 11.8 Å². The van der Waals surface area contributed by atoms with Gasteiger partial charge in [-0.3, -0.25) is 0 Å². The van der Waals surface area contributed by atoms with Crippen LogP contribution in [0.4, 0.5) is 4.39 Å². The van der Waals surface area contributed by atoms with Gasteiger partial charge < -0.3 is 0 Å². The van der Waals surface area contributed by atoms with Crippen LogP contribution in [0, 0.1) is 0 Å². The van der Waals surface area contributed by atoms with Crippen molar-refractivity contribution in [3.63, 3.8) is 0 Å². The first-order chi connectivity index (χ1) is 4.21. The van der Waals surface area contributed by atoms with E-state index in [0.717, 1.165) is 5.57 Å². The van der Waals surface area contributed by atoms with Crippen LogP contribution in [0.25, 0.3) is 0 Å². The van der Waals surface area contributed by atoms with Crippen molar-refractivity contribution in [3.05, 3.63) is 23.8 Å². The van der Waals surface area contributed by atoms with Gasteiger partial charge in [-0.15, -0.1) is 11.8 Å². The molecule has 0 bridgehead atoms. The SMILES string of the molecule is CC1=CC2(F)SC2C=C1. The average molecular weight is 142 g/mol. The molecule has 0 aromatic rings. The van der Waals surface area contributed by atoms with E-state index in [9.17, 15) is 4.39 Å². The van der Waals surface area contributed by atoms with Gasteiger partial charge in [0.15, 0.2) is 5.00 Å². The van der Waals surface area contributed by atoms with Gasteiger partial charge in [0.1, 0.15) is 0 Å². The molecule has 0 amide bonds. The van der Waals surface area contributed by atoms with Crippen molar-refractivity contribution in [2.24, 2.45) is 0 Å². The highest BCUT2D eigenvalue weighted by atomic mass is 32.2. The highest BCUT2D eigenvalue weighted by Crippen LogP contribution is 2.58. The van der Waals surface area contributed by atoms with Gasteiger partial charge in [0.2, 0.25) is 0 Å². The highest BCUT2D eigenvalue weighted by Gasteiger charge is 2.54. The van der Waals surface area contributed by atoms with Gasteiger partial charge in [-0.1, -0.05) is 17.7 Å². The Morgan fingerprint density at radius 2 is 2.56 bits per heavy atom. The molecule has 0 nitrogen and oxygen atoms in total. The second-order valence-electron chi connectivity index (χ2n) is 2.48. The van der Waals surface area contributed by atoms with E-state index in [1.54, 1.807) is 6.08 Å². The summed E-state index contributed by atoms with van der Waals surface area (Å²) >= 11 is 1.38. The summed E-state index contributed by atoms with van der Waals surface area (Å²) in [6.07, 6.45) is 5.60. The van der Waals surface area contributed by atoms with Crippen LogP contribution in [-0.4, -0.2) is 10.3 Å². The lowest BCUT2D eigenvalue weighted by Gasteiger charge is -2.01. The number of thioether (sulfide) groups is 1. The number of fused-ring (bicyclic) bond motifs is 1. The second kappa shape index (κ2) is 1.43. The maximum absolute atomic E-state index is 13.0. The first kappa shape index (κ1) is 5.54. The van der Waals surface area contributed by atoms with E-state index in [1.165, 1.54) is 11.8 Å².